The van der Waals surface area contributed by atoms with Crippen LogP contribution in [0.4, 0.5) is 4.79 Å². The summed E-state index contributed by atoms with van der Waals surface area (Å²) in [4.78, 5) is 32.2. The van der Waals surface area contributed by atoms with Crippen LogP contribution < -0.4 is 5.32 Å². The van der Waals surface area contributed by atoms with E-state index in [1.54, 1.807) is 0 Å². The summed E-state index contributed by atoms with van der Waals surface area (Å²) in [7, 11) is 0. The average Bonchev–Trinajstić information content (AvgIpc) is 2.92. The largest absolute Gasteiger partial charge is 0.326 e. The molecule has 3 aliphatic rings. The minimum atomic E-state index is -0.706. The Morgan fingerprint density at radius 2 is 1.71 bits per heavy atom. The number of nitrogens with one attached hydrogen (secondary N) is 1. The average molecular weight is 425 g/mol. The number of piperazine rings is 1. The molecule has 168 valence electrons. The lowest BCUT2D eigenvalue weighted by Crippen LogP contribution is -2.55. The molecule has 2 unspecified atom stereocenters. The highest BCUT2D eigenvalue weighted by Gasteiger charge is 2.56. The van der Waals surface area contributed by atoms with E-state index >= 15 is 0 Å². The molecule has 2 aliphatic heterocycles. The molecule has 1 N–H and O–H groups in total. The summed E-state index contributed by atoms with van der Waals surface area (Å²) in [5, 5.41) is 3.09. The Labute approximate surface area is 186 Å². The Balaban J connectivity index is 1.29. The van der Waals surface area contributed by atoms with E-state index in [2.05, 4.69) is 60.2 Å². The predicted octanol–water partition coefficient (Wildman–Crippen LogP) is 3.41. The second-order valence-corrected chi connectivity index (χ2v) is 10.5. The molecule has 1 aliphatic carbocycles. The zero-order valence-electron chi connectivity index (χ0n) is 19.1. The van der Waals surface area contributed by atoms with E-state index in [0.29, 0.717) is 12.6 Å². The van der Waals surface area contributed by atoms with Gasteiger partial charge >= 0.3 is 6.03 Å². The highest BCUT2D eigenvalue weighted by molar-refractivity contribution is 6.07. The van der Waals surface area contributed by atoms with Gasteiger partial charge < -0.3 is 5.32 Å². The third kappa shape index (κ3) is 5.01. The summed E-state index contributed by atoms with van der Waals surface area (Å²) >= 11 is 0. The van der Waals surface area contributed by atoms with Crippen LogP contribution in [0.15, 0.2) is 36.4 Å². The highest BCUT2D eigenvalue weighted by atomic mass is 16.2. The molecule has 3 amide bonds. The number of carbonyl (C=O) groups excluding carboxylic acids is 2. The lowest BCUT2D eigenvalue weighted by atomic mass is 9.64. The van der Waals surface area contributed by atoms with Crippen LogP contribution in [-0.2, 0) is 4.79 Å². The summed E-state index contributed by atoms with van der Waals surface area (Å²) < 4.78 is 0. The molecule has 0 bridgehead atoms. The molecule has 0 aromatic heterocycles. The van der Waals surface area contributed by atoms with Crippen LogP contribution in [0.25, 0.3) is 6.08 Å². The maximum Gasteiger partial charge on any atom is 0.326 e. The van der Waals surface area contributed by atoms with Gasteiger partial charge in [0, 0.05) is 32.7 Å². The molecule has 1 aromatic rings. The molecule has 3 fully saturated rings. The molecule has 2 atom stereocenters. The number of carbonyl (C=O) groups is 2. The molecule has 2 saturated heterocycles. The van der Waals surface area contributed by atoms with E-state index in [4.69, 9.17) is 0 Å². The van der Waals surface area contributed by atoms with Crippen molar-refractivity contribution in [1.29, 1.82) is 0 Å². The number of nitrogens with zero attached hydrogens (tertiary/aromatic N) is 3. The van der Waals surface area contributed by atoms with E-state index in [-0.39, 0.29) is 17.4 Å². The van der Waals surface area contributed by atoms with E-state index in [0.717, 1.165) is 52.0 Å². The van der Waals surface area contributed by atoms with Gasteiger partial charge in [0.15, 0.2) is 0 Å². The summed E-state index contributed by atoms with van der Waals surface area (Å²) in [5.41, 5.74) is 0.575. The summed E-state index contributed by atoms with van der Waals surface area (Å²) in [6, 6.07) is 10.1. The Morgan fingerprint density at radius 3 is 2.39 bits per heavy atom. The minimum Gasteiger partial charge on any atom is -0.323 e. The smallest absolute Gasteiger partial charge is 0.323 e. The fraction of sp³-hybridized carbons (Fsp3) is 0.600. The number of benzene rings is 1. The number of hydrogen-bond donors (Lipinski definition) is 1. The van der Waals surface area contributed by atoms with Gasteiger partial charge in [0.2, 0.25) is 0 Å². The van der Waals surface area contributed by atoms with Crippen molar-refractivity contribution < 1.29 is 9.59 Å². The Hall–Kier alpha value is -2.18. The van der Waals surface area contributed by atoms with Gasteiger partial charge in [-0.15, -0.1) is 0 Å². The molecule has 1 spiro atoms. The Kier molecular flexibility index (Phi) is 6.22. The number of imide groups is 1. The van der Waals surface area contributed by atoms with Crippen LogP contribution in [-0.4, -0.2) is 71.6 Å². The van der Waals surface area contributed by atoms with Crippen molar-refractivity contribution in [3.05, 3.63) is 42.0 Å². The lowest BCUT2D eigenvalue weighted by Gasteiger charge is -2.44. The van der Waals surface area contributed by atoms with Crippen molar-refractivity contribution in [3.8, 4) is 0 Å². The summed E-state index contributed by atoms with van der Waals surface area (Å²) in [6.45, 7) is 11.5. The fourth-order valence-corrected chi connectivity index (χ4v) is 5.85. The summed E-state index contributed by atoms with van der Waals surface area (Å²) in [5.74, 6) is 0.408. The predicted molar refractivity (Wildman–Crippen MR) is 123 cm³/mol. The SMILES string of the molecule is CC1CC(C)(C)CC2(C1)NC(=O)N(CN1CCN(CC=Cc3ccccc3)CC1)C2=O. The molecule has 6 heteroatoms. The molecule has 0 radical (unpaired) electrons. The first kappa shape index (κ1) is 22.0. The molecule has 1 saturated carbocycles. The van der Waals surface area contributed by atoms with Gasteiger partial charge in [0.1, 0.15) is 5.54 Å². The second-order valence-electron chi connectivity index (χ2n) is 10.5. The van der Waals surface area contributed by atoms with Crippen molar-refractivity contribution in [1.82, 2.24) is 20.0 Å². The lowest BCUT2D eigenvalue weighted by molar-refractivity contribution is -0.136. The first-order valence-corrected chi connectivity index (χ1v) is 11.6. The van der Waals surface area contributed by atoms with Crippen LogP contribution in [0.3, 0.4) is 0 Å². The van der Waals surface area contributed by atoms with Crippen molar-refractivity contribution in [3.63, 3.8) is 0 Å². The van der Waals surface area contributed by atoms with Crippen LogP contribution in [0.5, 0.6) is 0 Å². The van der Waals surface area contributed by atoms with Crippen molar-refractivity contribution in [2.24, 2.45) is 11.3 Å². The zero-order chi connectivity index (χ0) is 22.1. The van der Waals surface area contributed by atoms with Crippen LogP contribution in [0.1, 0.15) is 45.6 Å². The monoisotopic (exact) mass is 424 g/mol. The van der Waals surface area contributed by atoms with E-state index in [1.165, 1.54) is 10.5 Å². The topological polar surface area (TPSA) is 55.9 Å². The number of hydrogen-bond acceptors (Lipinski definition) is 4. The van der Waals surface area contributed by atoms with Crippen LogP contribution in [0, 0.1) is 11.3 Å². The normalized spacial score (nSPS) is 29.8. The van der Waals surface area contributed by atoms with Crippen LogP contribution >= 0.6 is 0 Å². The fourth-order valence-electron chi connectivity index (χ4n) is 5.85. The highest BCUT2D eigenvalue weighted by Crippen LogP contribution is 2.46. The standard InChI is InChI=1S/C25H36N4O2/c1-20-16-24(2,3)18-25(17-20)22(30)29(23(31)26-25)19-28-14-12-27(13-15-28)11-7-10-21-8-5-4-6-9-21/h4-10,20H,11-19H2,1-3H3,(H,26,31). The number of urea groups is 1. The van der Waals surface area contributed by atoms with Gasteiger partial charge in [-0.3, -0.25) is 14.6 Å². The molecule has 2 heterocycles. The molecular weight excluding hydrogens is 388 g/mol. The first-order valence-electron chi connectivity index (χ1n) is 11.6. The first-order chi connectivity index (χ1) is 14.8. The quantitative estimate of drug-likeness (QED) is 0.736. The van der Waals surface area contributed by atoms with Crippen LogP contribution in [0.2, 0.25) is 0 Å². The van der Waals surface area contributed by atoms with E-state index < -0.39 is 5.54 Å². The molecule has 1 aromatic carbocycles. The zero-order valence-corrected chi connectivity index (χ0v) is 19.1. The Morgan fingerprint density at radius 1 is 1.03 bits per heavy atom. The van der Waals surface area contributed by atoms with Gasteiger partial charge in [-0.1, -0.05) is 63.3 Å². The van der Waals surface area contributed by atoms with Gasteiger partial charge in [-0.2, -0.15) is 0 Å². The third-order valence-electron chi connectivity index (χ3n) is 6.90. The molecule has 6 nitrogen and oxygen atoms in total. The minimum absolute atomic E-state index is 0.0228. The number of amides is 3. The van der Waals surface area contributed by atoms with E-state index in [9.17, 15) is 9.59 Å². The van der Waals surface area contributed by atoms with Crippen molar-refractivity contribution in [2.45, 2.75) is 45.6 Å². The van der Waals surface area contributed by atoms with E-state index in [1.807, 2.05) is 18.2 Å². The van der Waals surface area contributed by atoms with Gasteiger partial charge in [-0.05, 0) is 36.2 Å². The maximum absolute atomic E-state index is 13.3. The van der Waals surface area contributed by atoms with Gasteiger partial charge in [0.25, 0.3) is 5.91 Å². The number of rotatable bonds is 5. The maximum atomic E-state index is 13.3. The van der Waals surface area contributed by atoms with Gasteiger partial charge in [-0.25, -0.2) is 9.69 Å². The molecule has 31 heavy (non-hydrogen) atoms. The Bertz CT molecular complexity index is 829. The van der Waals surface area contributed by atoms with Crippen molar-refractivity contribution in [2.75, 3.05) is 39.4 Å². The molecular formula is C25H36N4O2. The summed E-state index contributed by atoms with van der Waals surface area (Å²) in [6.07, 6.45) is 6.94. The second kappa shape index (κ2) is 8.75. The molecule has 4 rings (SSSR count). The third-order valence-corrected chi connectivity index (χ3v) is 6.90. The van der Waals surface area contributed by atoms with Crippen molar-refractivity contribution >= 4 is 18.0 Å². The van der Waals surface area contributed by atoms with Gasteiger partial charge in [0.05, 0.1) is 6.67 Å².